The zero-order valence-electron chi connectivity index (χ0n) is 11.6. The number of aryl methyl sites for hydroxylation is 2. The fourth-order valence-electron chi connectivity index (χ4n) is 2.05. The number of aromatic hydroxyl groups is 1. The van der Waals surface area contributed by atoms with Crippen molar-refractivity contribution in [3.8, 4) is 5.75 Å². The number of carbonyl (C=O) groups is 1. The molecule has 1 amide bonds. The molecule has 2 aromatic rings. The molecule has 0 atom stereocenters. The van der Waals surface area contributed by atoms with Crippen LogP contribution in [-0.2, 0) is 11.2 Å². The molecular weight excluding hydrogens is 252 g/mol. The number of nitrogens with one attached hydrogen (secondary N) is 1. The third-order valence-corrected chi connectivity index (χ3v) is 3.16. The maximum Gasteiger partial charge on any atom is 0.228 e. The first-order valence-electron chi connectivity index (χ1n) is 6.40. The molecule has 0 radical (unpaired) electrons. The van der Waals surface area contributed by atoms with Crippen LogP contribution in [0.25, 0.3) is 0 Å². The SMILES string of the molecule is Cc1cc(C)c(NC(=O)Cc2cccc(O)c2)cc1N. The highest BCUT2D eigenvalue weighted by Gasteiger charge is 2.08. The normalized spacial score (nSPS) is 10.3. The summed E-state index contributed by atoms with van der Waals surface area (Å²) in [5, 5.41) is 12.2. The Morgan fingerprint density at radius 3 is 2.65 bits per heavy atom. The summed E-state index contributed by atoms with van der Waals surface area (Å²) in [4.78, 5) is 12.0. The number of nitrogens with two attached hydrogens (primary N) is 1. The van der Waals surface area contributed by atoms with Gasteiger partial charge in [0.15, 0.2) is 0 Å². The quantitative estimate of drug-likeness (QED) is 0.751. The second kappa shape index (κ2) is 5.65. The summed E-state index contributed by atoms with van der Waals surface area (Å²) in [5.74, 6) is 0.0213. The first-order valence-corrected chi connectivity index (χ1v) is 6.40. The van der Waals surface area contributed by atoms with E-state index in [4.69, 9.17) is 5.73 Å². The smallest absolute Gasteiger partial charge is 0.228 e. The number of benzene rings is 2. The van der Waals surface area contributed by atoms with E-state index in [1.54, 1.807) is 30.3 Å². The van der Waals surface area contributed by atoms with E-state index in [2.05, 4.69) is 5.32 Å². The zero-order chi connectivity index (χ0) is 14.7. The van der Waals surface area contributed by atoms with Crippen LogP contribution in [0.1, 0.15) is 16.7 Å². The molecule has 0 unspecified atom stereocenters. The molecule has 2 aromatic carbocycles. The molecule has 0 saturated heterocycles. The highest BCUT2D eigenvalue weighted by molar-refractivity contribution is 5.93. The van der Waals surface area contributed by atoms with Crippen molar-refractivity contribution >= 4 is 17.3 Å². The monoisotopic (exact) mass is 270 g/mol. The van der Waals surface area contributed by atoms with Crippen LogP contribution in [0, 0.1) is 13.8 Å². The standard InChI is InChI=1S/C16H18N2O2/c1-10-6-11(2)15(9-14(10)17)18-16(20)8-12-4-3-5-13(19)7-12/h3-7,9,19H,8,17H2,1-2H3,(H,18,20). The van der Waals surface area contributed by atoms with Crippen molar-refractivity contribution in [3.63, 3.8) is 0 Å². The van der Waals surface area contributed by atoms with E-state index in [0.717, 1.165) is 22.4 Å². The Morgan fingerprint density at radius 2 is 1.95 bits per heavy atom. The predicted molar refractivity (Wildman–Crippen MR) is 80.8 cm³/mol. The van der Waals surface area contributed by atoms with Gasteiger partial charge in [-0.25, -0.2) is 0 Å². The Balaban J connectivity index is 2.10. The summed E-state index contributed by atoms with van der Waals surface area (Å²) in [6.07, 6.45) is 0.210. The van der Waals surface area contributed by atoms with Gasteiger partial charge in [0.2, 0.25) is 5.91 Å². The second-order valence-electron chi connectivity index (χ2n) is 4.92. The molecule has 0 aromatic heterocycles. The zero-order valence-corrected chi connectivity index (χ0v) is 11.6. The Morgan fingerprint density at radius 1 is 1.20 bits per heavy atom. The number of anilines is 2. The lowest BCUT2D eigenvalue weighted by atomic mass is 10.1. The number of rotatable bonds is 3. The number of hydrogen-bond acceptors (Lipinski definition) is 3. The average molecular weight is 270 g/mol. The van der Waals surface area contributed by atoms with Crippen LogP contribution in [0.15, 0.2) is 36.4 Å². The van der Waals surface area contributed by atoms with Gasteiger partial charge in [-0.1, -0.05) is 18.2 Å². The van der Waals surface area contributed by atoms with Gasteiger partial charge in [0, 0.05) is 11.4 Å². The van der Waals surface area contributed by atoms with Gasteiger partial charge >= 0.3 is 0 Å². The topological polar surface area (TPSA) is 75.3 Å². The summed E-state index contributed by atoms with van der Waals surface area (Å²) in [7, 11) is 0. The van der Waals surface area contributed by atoms with E-state index in [1.807, 2.05) is 19.9 Å². The van der Waals surface area contributed by atoms with E-state index >= 15 is 0 Å². The third-order valence-electron chi connectivity index (χ3n) is 3.16. The minimum atomic E-state index is -0.137. The molecule has 104 valence electrons. The van der Waals surface area contributed by atoms with Gasteiger partial charge < -0.3 is 16.2 Å². The van der Waals surface area contributed by atoms with Gasteiger partial charge in [0.25, 0.3) is 0 Å². The molecule has 0 fully saturated rings. The van der Waals surface area contributed by atoms with Crippen LogP contribution < -0.4 is 11.1 Å². The predicted octanol–water partition coefficient (Wildman–Crippen LogP) is 2.77. The summed E-state index contributed by atoms with van der Waals surface area (Å²) >= 11 is 0. The summed E-state index contributed by atoms with van der Waals surface area (Å²) < 4.78 is 0. The lowest BCUT2D eigenvalue weighted by molar-refractivity contribution is -0.115. The fraction of sp³-hybridized carbons (Fsp3) is 0.188. The number of carbonyl (C=O) groups excluding carboxylic acids is 1. The number of phenols is 1. The van der Waals surface area contributed by atoms with E-state index in [-0.39, 0.29) is 18.1 Å². The molecule has 0 bridgehead atoms. The van der Waals surface area contributed by atoms with Crippen molar-refractivity contribution in [1.29, 1.82) is 0 Å². The van der Waals surface area contributed by atoms with Crippen LogP contribution in [0.3, 0.4) is 0 Å². The summed E-state index contributed by atoms with van der Waals surface area (Å²) in [6, 6.07) is 10.4. The molecule has 0 saturated carbocycles. The first kappa shape index (κ1) is 13.9. The van der Waals surface area contributed by atoms with E-state index in [9.17, 15) is 9.90 Å². The Labute approximate surface area is 118 Å². The van der Waals surface area contributed by atoms with E-state index < -0.39 is 0 Å². The molecule has 4 heteroatoms. The van der Waals surface area contributed by atoms with Crippen molar-refractivity contribution in [1.82, 2.24) is 0 Å². The fourth-order valence-corrected chi connectivity index (χ4v) is 2.05. The van der Waals surface area contributed by atoms with Gasteiger partial charge in [-0.3, -0.25) is 4.79 Å². The minimum Gasteiger partial charge on any atom is -0.508 e. The van der Waals surface area contributed by atoms with Crippen molar-refractivity contribution < 1.29 is 9.90 Å². The lowest BCUT2D eigenvalue weighted by Gasteiger charge is -2.11. The molecule has 4 N–H and O–H groups in total. The Bertz CT molecular complexity index is 651. The first-order chi connectivity index (χ1) is 9.45. The Kier molecular flexibility index (Phi) is 3.94. The molecule has 20 heavy (non-hydrogen) atoms. The molecule has 0 aliphatic rings. The number of nitrogen functional groups attached to an aromatic ring is 1. The van der Waals surface area contributed by atoms with Crippen molar-refractivity contribution in [2.75, 3.05) is 11.1 Å². The van der Waals surface area contributed by atoms with Gasteiger partial charge in [0.05, 0.1) is 6.42 Å². The van der Waals surface area contributed by atoms with Crippen molar-refractivity contribution in [3.05, 3.63) is 53.1 Å². The summed E-state index contributed by atoms with van der Waals surface area (Å²) in [6.45, 7) is 3.86. The molecule has 4 nitrogen and oxygen atoms in total. The summed E-state index contributed by atoms with van der Waals surface area (Å²) in [5.41, 5.74) is 9.96. The average Bonchev–Trinajstić information content (AvgIpc) is 2.36. The Hall–Kier alpha value is -2.49. The van der Waals surface area contributed by atoms with Crippen molar-refractivity contribution in [2.24, 2.45) is 0 Å². The van der Waals surface area contributed by atoms with Crippen LogP contribution in [-0.4, -0.2) is 11.0 Å². The number of phenolic OH excluding ortho intramolecular Hbond substituents is 1. The van der Waals surface area contributed by atoms with Crippen LogP contribution in [0.2, 0.25) is 0 Å². The lowest BCUT2D eigenvalue weighted by Crippen LogP contribution is -2.15. The van der Waals surface area contributed by atoms with Gasteiger partial charge in [-0.15, -0.1) is 0 Å². The molecular formula is C16H18N2O2. The van der Waals surface area contributed by atoms with Crippen LogP contribution in [0.5, 0.6) is 5.75 Å². The van der Waals surface area contributed by atoms with Crippen molar-refractivity contribution in [2.45, 2.75) is 20.3 Å². The van der Waals surface area contributed by atoms with Gasteiger partial charge in [0.1, 0.15) is 5.75 Å². The molecule has 0 aliphatic heterocycles. The molecule has 0 heterocycles. The molecule has 0 spiro atoms. The highest BCUT2D eigenvalue weighted by Crippen LogP contribution is 2.22. The highest BCUT2D eigenvalue weighted by atomic mass is 16.3. The molecule has 2 rings (SSSR count). The van der Waals surface area contributed by atoms with E-state index in [1.165, 1.54) is 0 Å². The minimum absolute atomic E-state index is 0.137. The second-order valence-corrected chi connectivity index (χ2v) is 4.92. The molecule has 0 aliphatic carbocycles. The van der Waals surface area contributed by atoms with E-state index in [0.29, 0.717) is 5.69 Å². The van der Waals surface area contributed by atoms with Gasteiger partial charge in [-0.05, 0) is 48.7 Å². The number of hydrogen-bond donors (Lipinski definition) is 3. The number of amides is 1. The maximum absolute atomic E-state index is 12.0. The van der Waals surface area contributed by atoms with Crippen LogP contribution >= 0.6 is 0 Å². The van der Waals surface area contributed by atoms with Gasteiger partial charge in [-0.2, -0.15) is 0 Å². The largest absolute Gasteiger partial charge is 0.508 e. The maximum atomic E-state index is 12.0. The van der Waals surface area contributed by atoms with Crippen LogP contribution in [0.4, 0.5) is 11.4 Å². The third kappa shape index (κ3) is 3.29.